The number of alkyl halides is 1. The second-order valence-electron chi connectivity index (χ2n) is 2.95. The molecule has 0 saturated heterocycles. The molecule has 0 aliphatic rings. The van der Waals surface area contributed by atoms with Gasteiger partial charge in [-0.25, -0.2) is 4.79 Å². The van der Waals surface area contributed by atoms with Crippen molar-refractivity contribution in [2.24, 2.45) is 0 Å². The van der Waals surface area contributed by atoms with Crippen LogP contribution in [0.5, 0.6) is 5.75 Å². The van der Waals surface area contributed by atoms with Crippen LogP contribution in [-0.2, 0) is 10.1 Å². The number of carbonyl (C=O) groups excluding carboxylic acids is 1. The summed E-state index contributed by atoms with van der Waals surface area (Å²) in [6.45, 7) is 0. The number of benzene rings is 1. The molecule has 0 atom stereocenters. The Bertz CT molecular complexity index is 426. The van der Waals surface area contributed by atoms with Gasteiger partial charge in [0.1, 0.15) is 11.8 Å². The molecule has 0 aromatic heterocycles. The lowest BCUT2D eigenvalue weighted by Gasteiger charge is -2.09. The molecule has 0 spiro atoms. The quantitative estimate of drug-likeness (QED) is 0.631. The molecule has 0 radical (unpaired) electrons. The van der Waals surface area contributed by atoms with Crippen LogP contribution in [0.3, 0.4) is 0 Å². The predicted molar refractivity (Wildman–Crippen MR) is 61.7 cm³/mol. The first-order chi connectivity index (χ1) is 7.67. The van der Waals surface area contributed by atoms with Crippen LogP contribution in [0.2, 0.25) is 0 Å². The van der Waals surface area contributed by atoms with E-state index in [1.54, 1.807) is 6.07 Å². The first-order valence-electron chi connectivity index (χ1n) is 4.43. The van der Waals surface area contributed by atoms with Gasteiger partial charge in [-0.3, -0.25) is 0 Å². The van der Waals surface area contributed by atoms with E-state index in [1.807, 2.05) is 6.07 Å². The number of methoxy groups -OCH3 is 2. The fourth-order valence-electron chi connectivity index (χ4n) is 1.30. The number of nitriles is 1. The van der Waals surface area contributed by atoms with Gasteiger partial charge < -0.3 is 9.47 Å². The fraction of sp³-hybridized carbons (Fsp3) is 0.273. The van der Waals surface area contributed by atoms with Gasteiger partial charge in [0, 0.05) is 5.33 Å². The minimum atomic E-state index is -0.454. The predicted octanol–water partition coefficient (Wildman–Crippen LogP) is 2.25. The van der Waals surface area contributed by atoms with Gasteiger partial charge in [-0.2, -0.15) is 5.26 Å². The number of esters is 1. The second kappa shape index (κ2) is 5.52. The first kappa shape index (κ1) is 12.5. The van der Waals surface area contributed by atoms with Crippen molar-refractivity contribution >= 4 is 21.9 Å². The highest BCUT2D eigenvalue weighted by Crippen LogP contribution is 2.26. The Hall–Kier alpha value is -1.54. The van der Waals surface area contributed by atoms with Gasteiger partial charge in [0.2, 0.25) is 0 Å². The van der Waals surface area contributed by atoms with Gasteiger partial charge in [0.05, 0.1) is 25.3 Å². The first-order valence-corrected chi connectivity index (χ1v) is 5.55. The van der Waals surface area contributed by atoms with Crippen molar-refractivity contribution in [2.45, 2.75) is 5.33 Å². The summed E-state index contributed by atoms with van der Waals surface area (Å²) in [5.41, 5.74) is 1.49. The zero-order valence-electron chi connectivity index (χ0n) is 8.91. The van der Waals surface area contributed by atoms with Crippen molar-refractivity contribution in [2.75, 3.05) is 14.2 Å². The average molecular weight is 284 g/mol. The minimum absolute atomic E-state index is 0.368. The second-order valence-corrected chi connectivity index (χ2v) is 3.51. The lowest BCUT2D eigenvalue weighted by atomic mass is 10.0. The van der Waals surface area contributed by atoms with Crippen LogP contribution < -0.4 is 4.74 Å². The molecule has 16 heavy (non-hydrogen) atoms. The average Bonchev–Trinajstić information content (AvgIpc) is 2.35. The van der Waals surface area contributed by atoms with E-state index < -0.39 is 5.97 Å². The Balaban J connectivity index is 3.38. The monoisotopic (exact) mass is 283 g/mol. The third-order valence-corrected chi connectivity index (χ3v) is 2.68. The summed E-state index contributed by atoms with van der Waals surface area (Å²) >= 11 is 3.26. The molecule has 0 aliphatic carbocycles. The Morgan fingerprint density at radius 3 is 2.62 bits per heavy atom. The van der Waals surface area contributed by atoms with Gasteiger partial charge in [-0.05, 0) is 17.7 Å². The number of nitrogens with zero attached hydrogens (tertiary/aromatic N) is 1. The zero-order chi connectivity index (χ0) is 12.1. The lowest BCUT2D eigenvalue weighted by molar-refractivity contribution is 0.0600. The van der Waals surface area contributed by atoms with Gasteiger partial charge >= 0.3 is 5.97 Å². The van der Waals surface area contributed by atoms with Crippen molar-refractivity contribution in [3.05, 3.63) is 28.8 Å². The van der Waals surface area contributed by atoms with Gasteiger partial charge in [-0.1, -0.05) is 15.9 Å². The molecule has 0 bridgehead atoms. The fourth-order valence-corrected chi connectivity index (χ4v) is 1.74. The van der Waals surface area contributed by atoms with Crippen molar-refractivity contribution in [1.29, 1.82) is 5.26 Å². The van der Waals surface area contributed by atoms with E-state index in [1.165, 1.54) is 20.3 Å². The Morgan fingerprint density at radius 2 is 2.19 bits per heavy atom. The summed E-state index contributed by atoms with van der Waals surface area (Å²) in [6.07, 6.45) is 0. The minimum Gasteiger partial charge on any atom is -0.495 e. The van der Waals surface area contributed by atoms with Crippen molar-refractivity contribution < 1.29 is 14.3 Å². The number of halogens is 1. The molecule has 0 aliphatic heterocycles. The molecule has 84 valence electrons. The number of ether oxygens (including phenoxy) is 2. The standard InChI is InChI=1S/C11H10BrNO3/c1-15-10-4-7(11(14)16-2)3-8(5-12)9(10)6-13/h3-4H,5H2,1-2H3. The van der Waals surface area contributed by atoms with Crippen molar-refractivity contribution in [3.8, 4) is 11.8 Å². The lowest BCUT2D eigenvalue weighted by Crippen LogP contribution is -2.04. The number of rotatable bonds is 3. The molecule has 5 heteroatoms. The number of hydrogen-bond acceptors (Lipinski definition) is 4. The highest BCUT2D eigenvalue weighted by atomic mass is 79.9. The smallest absolute Gasteiger partial charge is 0.337 e. The molecule has 0 unspecified atom stereocenters. The van der Waals surface area contributed by atoms with E-state index in [-0.39, 0.29) is 0 Å². The van der Waals surface area contributed by atoms with Crippen LogP contribution in [0.15, 0.2) is 12.1 Å². The molecule has 1 aromatic rings. The Kier molecular flexibility index (Phi) is 4.32. The van der Waals surface area contributed by atoms with E-state index in [4.69, 9.17) is 10.00 Å². The topological polar surface area (TPSA) is 59.3 Å². The van der Waals surface area contributed by atoms with Crippen LogP contribution in [0, 0.1) is 11.3 Å². The number of carbonyl (C=O) groups is 1. The molecule has 1 rings (SSSR count). The summed E-state index contributed by atoms with van der Waals surface area (Å²) in [5, 5.41) is 9.45. The summed E-state index contributed by atoms with van der Waals surface area (Å²) in [4.78, 5) is 11.4. The van der Waals surface area contributed by atoms with Crippen LogP contribution in [0.25, 0.3) is 0 Å². The highest BCUT2D eigenvalue weighted by Gasteiger charge is 2.14. The maximum Gasteiger partial charge on any atom is 0.337 e. The molecule has 0 N–H and O–H groups in total. The third kappa shape index (κ3) is 2.34. The summed E-state index contributed by atoms with van der Waals surface area (Å²) < 4.78 is 9.68. The molecule has 1 aromatic carbocycles. The van der Waals surface area contributed by atoms with E-state index in [0.717, 1.165) is 0 Å². The molecule has 0 amide bonds. The SMILES string of the molecule is COC(=O)c1cc(CBr)c(C#N)c(OC)c1. The highest BCUT2D eigenvalue weighted by molar-refractivity contribution is 9.08. The molecule has 0 saturated carbocycles. The van der Waals surface area contributed by atoms with Gasteiger partial charge in [0.15, 0.2) is 0 Å². The van der Waals surface area contributed by atoms with Crippen molar-refractivity contribution in [1.82, 2.24) is 0 Å². The summed E-state index contributed by atoms with van der Waals surface area (Å²) in [6, 6.07) is 5.15. The van der Waals surface area contributed by atoms with E-state index >= 15 is 0 Å². The van der Waals surface area contributed by atoms with Gasteiger partial charge in [-0.15, -0.1) is 0 Å². The summed E-state index contributed by atoms with van der Waals surface area (Å²) in [5.74, 6) is -0.0789. The summed E-state index contributed by atoms with van der Waals surface area (Å²) in [7, 11) is 2.76. The third-order valence-electron chi connectivity index (χ3n) is 2.08. The molecule has 0 fully saturated rings. The van der Waals surface area contributed by atoms with Crippen LogP contribution in [-0.4, -0.2) is 20.2 Å². The van der Waals surface area contributed by atoms with Crippen LogP contribution >= 0.6 is 15.9 Å². The number of hydrogen-bond donors (Lipinski definition) is 0. The van der Waals surface area contributed by atoms with E-state index in [9.17, 15) is 4.79 Å². The Morgan fingerprint density at radius 1 is 1.50 bits per heavy atom. The maximum absolute atomic E-state index is 11.4. The maximum atomic E-state index is 11.4. The molecular weight excluding hydrogens is 274 g/mol. The zero-order valence-corrected chi connectivity index (χ0v) is 10.5. The van der Waals surface area contributed by atoms with Gasteiger partial charge in [0.25, 0.3) is 0 Å². The molecule has 4 nitrogen and oxygen atoms in total. The van der Waals surface area contributed by atoms with E-state index in [0.29, 0.717) is 27.8 Å². The molecule has 0 heterocycles. The van der Waals surface area contributed by atoms with Crippen molar-refractivity contribution in [3.63, 3.8) is 0 Å². The van der Waals surface area contributed by atoms with Crippen LogP contribution in [0.4, 0.5) is 0 Å². The normalized spacial score (nSPS) is 9.38. The Labute approximate surface area is 102 Å². The van der Waals surface area contributed by atoms with E-state index in [2.05, 4.69) is 20.7 Å². The molecular formula is C11H10BrNO3. The van der Waals surface area contributed by atoms with Crippen LogP contribution in [0.1, 0.15) is 21.5 Å². The largest absolute Gasteiger partial charge is 0.495 e.